The van der Waals surface area contributed by atoms with Gasteiger partial charge in [0.2, 0.25) is 0 Å². The highest BCUT2D eigenvalue weighted by Crippen LogP contribution is 2.28. The fourth-order valence-electron chi connectivity index (χ4n) is 2.37. The average Bonchev–Trinajstić information content (AvgIpc) is 2.60. The van der Waals surface area contributed by atoms with E-state index in [4.69, 9.17) is 17.0 Å². The SMILES string of the molecule is CC/C(N)=N/NCCN[C@H](C)[C@](O)(CN(N)C=N)c1ccc(F)cc1F. The maximum Gasteiger partial charge on any atom is 0.132 e. The smallest absolute Gasteiger partial charge is 0.132 e. The minimum Gasteiger partial charge on any atom is -0.386 e. The van der Waals surface area contributed by atoms with E-state index in [1.807, 2.05) is 6.92 Å². The summed E-state index contributed by atoms with van der Waals surface area (Å²) < 4.78 is 27.5. The summed E-state index contributed by atoms with van der Waals surface area (Å²) in [5.41, 5.74) is 6.44. The number of rotatable bonds is 11. The van der Waals surface area contributed by atoms with Crippen LogP contribution in [-0.4, -0.2) is 48.0 Å². The molecular weight excluding hydrogens is 344 g/mol. The first kappa shape index (κ1) is 21.7. The fraction of sp³-hybridized carbons (Fsp3) is 0.500. The summed E-state index contributed by atoms with van der Waals surface area (Å²) in [5, 5.41) is 26.2. The third-order valence-electron chi connectivity index (χ3n) is 3.98. The Balaban J connectivity index is 2.89. The molecule has 8 N–H and O–H groups in total. The predicted octanol–water partition coefficient (Wildman–Crippen LogP) is 0.185. The van der Waals surface area contributed by atoms with Crippen LogP contribution in [0.3, 0.4) is 0 Å². The molecule has 0 saturated carbocycles. The van der Waals surface area contributed by atoms with Gasteiger partial charge >= 0.3 is 0 Å². The maximum atomic E-state index is 14.2. The van der Waals surface area contributed by atoms with E-state index in [0.717, 1.165) is 17.4 Å². The number of hydrazine groups is 1. The van der Waals surface area contributed by atoms with E-state index in [9.17, 15) is 13.9 Å². The van der Waals surface area contributed by atoms with Gasteiger partial charge in [-0.15, -0.1) is 0 Å². The molecule has 0 bridgehead atoms. The topological polar surface area (TPSA) is 136 Å². The lowest BCUT2D eigenvalue weighted by Gasteiger charge is -2.37. The Morgan fingerprint density at radius 1 is 1.46 bits per heavy atom. The predicted molar refractivity (Wildman–Crippen MR) is 97.3 cm³/mol. The lowest BCUT2D eigenvalue weighted by Crippen LogP contribution is -2.55. The van der Waals surface area contributed by atoms with Crippen molar-refractivity contribution in [1.82, 2.24) is 15.8 Å². The highest BCUT2D eigenvalue weighted by atomic mass is 19.1. The van der Waals surface area contributed by atoms with Crippen LogP contribution in [0, 0.1) is 17.0 Å². The van der Waals surface area contributed by atoms with Crippen LogP contribution in [0.4, 0.5) is 8.78 Å². The van der Waals surface area contributed by atoms with Crippen molar-refractivity contribution in [1.29, 1.82) is 5.41 Å². The second kappa shape index (κ2) is 10.00. The fourth-order valence-corrected chi connectivity index (χ4v) is 2.37. The number of nitrogens with zero attached hydrogens (tertiary/aromatic N) is 2. The van der Waals surface area contributed by atoms with Gasteiger partial charge in [0.05, 0.1) is 12.9 Å². The number of halogens is 2. The Hall–Kier alpha value is -2.30. The van der Waals surface area contributed by atoms with Crippen LogP contribution in [0.15, 0.2) is 23.3 Å². The third kappa shape index (κ3) is 5.90. The van der Waals surface area contributed by atoms with Crippen LogP contribution in [-0.2, 0) is 5.60 Å². The van der Waals surface area contributed by atoms with Crippen LogP contribution in [0.5, 0.6) is 0 Å². The number of amidine groups is 1. The lowest BCUT2D eigenvalue weighted by molar-refractivity contribution is -0.0174. The van der Waals surface area contributed by atoms with Crippen LogP contribution in [0.2, 0.25) is 0 Å². The van der Waals surface area contributed by atoms with Gasteiger partial charge in [0.25, 0.3) is 0 Å². The van der Waals surface area contributed by atoms with Gasteiger partial charge in [-0.3, -0.25) is 10.4 Å². The quantitative estimate of drug-likeness (QED) is 0.108. The molecule has 0 amide bonds. The Morgan fingerprint density at radius 2 is 2.15 bits per heavy atom. The van der Waals surface area contributed by atoms with E-state index in [1.165, 1.54) is 6.07 Å². The van der Waals surface area contributed by atoms with Gasteiger partial charge in [-0.2, -0.15) is 5.10 Å². The Kier molecular flexibility index (Phi) is 8.36. The van der Waals surface area contributed by atoms with Crippen LogP contribution >= 0.6 is 0 Å². The molecule has 0 aliphatic rings. The molecule has 0 unspecified atom stereocenters. The highest BCUT2D eigenvalue weighted by Gasteiger charge is 2.39. The molecule has 26 heavy (non-hydrogen) atoms. The Bertz CT molecular complexity index is 629. The van der Waals surface area contributed by atoms with E-state index >= 15 is 0 Å². The van der Waals surface area contributed by atoms with Gasteiger partial charge in [0.15, 0.2) is 0 Å². The van der Waals surface area contributed by atoms with Crippen molar-refractivity contribution >= 4 is 12.2 Å². The molecule has 0 fully saturated rings. The van der Waals surface area contributed by atoms with E-state index in [-0.39, 0.29) is 12.1 Å². The molecule has 2 atom stereocenters. The Morgan fingerprint density at radius 3 is 2.73 bits per heavy atom. The lowest BCUT2D eigenvalue weighted by atomic mass is 9.86. The summed E-state index contributed by atoms with van der Waals surface area (Å²) in [6.45, 7) is 4.07. The molecule has 10 heteroatoms. The monoisotopic (exact) mass is 371 g/mol. The second-order valence-corrected chi connectivity index (χ2v) is 5.89. The molecule has 0 heterocycles. The van der Waals surface area contributed by atoms with E-state index < -0.39 is 23.3 Å². The summed E-state index contributed by atoms with van der Waals surface area (Å²) in [5.74, 6) is 4.43. The first-order valence-corrected chi connectivity index (χ1v) is 8.22. The van der Waals surface area contributed by atoms with Crippen molar-refractivity contribution in [2.45, 2.75) is 31.9 Å². The molecule has 0 saturated heterocycles. The first-order valence-electron chi connectivity index (χ1n) is 8.22. The number of nitrogens with two attached hydrogens (primary N) is 2. The highest BCUT2D eigenvalue weighted by molar-refractivity contribution is 5.79. The first-order chi connectivity index (χ1) is 12.2. The zero-order valence-electron chi connectivity index (χ0n) is 15.0. The van der Waals surface area contributed by atoms with Gasteiger partial charge in [0.1, 0.15) is 23.1 Å². The van der Waals surface area contributed by atoms with E-state index in [2.05, 4.69) is 15.8 Å². The average molecular weight is 371 g/mol. The van der Waals surface area contributed by atoms with Crippen molar-refractivity contribution < 1.29 is 13.9 Å². The van der Waals surface area contributed by atoms with Crippen LogP contribution < -0.4 is 22.3 Å². The minimum atomic E-state index is -1.80. The van der Waals surface area contributed by atoms with Crippen molar-refractivity contribution in [3.8, 4) is 0 Å². The molecule has 0 spiro atoms. The molecule has 1 aromatic carbocycles. The summed E-state index contributed by atoms with van der Waals surface area (Å²) in [6.07, 6.45) is 1.43. The van der Waals surface area contributed by atoms with Crippen molar-refractivity contribution in [3.63, 3.8) is 0 Å². The van der Waals surface area contributed by atoms with Crippen molar-refractivity contribution in [2.24, 2.45) is 16.7 Å². The largest absolute Gasteiger partial charge is 0.386 e. The van der Waals surface area contributed by atoms with E-state index in [1.54, 1.807) is 6.92 Å². The van der Waals surface area contributed by atoms with Crippen molar-refractivity contribution in [2.75, 3.05) is 19.6 Å². The summed E-state index contributed by atoms with van der Waals surface area (Å²) in [6, 6.07) is 2.26. The number of hydrogen-bond donors (Lipinski definition) is 6. The number of hydrazone groups is 1. The summed E-state index contributed by atoms with van der Waals surface area (Å²) in [4.78, 5) is 0. The normalized spacial score (nSPS) is 15.2. The third-order valence-corrected chi connectivity index (χ3v) is 3.98. The molecular formula is C16H27F2N7O. The zero-order valence-corrected chi connectivity index (χ0v) is 15.0. The van der Waals surface area contributed by atoms with Crippen LogP contribution in [0.25, 0.3) is 0 Å². The summed E-state index contributed by atoms with van der Waals surface area (Å²) >= 11 is 0. The molecule has 0 radical (unpaired) electrons. The maximum absolute atomic E-state index is 14.2. The molecule has 0 aromatic heterocycles. The molecule has 0 aliphatic carbocycles. The van der Waals surface area contributed by atoms with Gasteiger partial charge in [-0.1, -0.05) is 13.0 Å². The molecule has 8 nitrogen and oxygen atoms in total. The number of nitrogens with one attached hydrogen (secondary N) is 3. The zero-order chi connectivity index (χ0) is 19.7. The minimum absolute atomic E-state index is 0.114. The standard InChI is InChI=1S/C16H27F2N7O/c1-3-15(20)24-23-7-6-22-11(2)16(26,9-25(21)10-19)13-5-4-12(17)8-14(13)18/h4-5,8,10-11,19,22-23,26H,3,6-7,9,21H2,1-2H3,(H2,20,24)/t11-,16-/m1/s1. The second-order valence-electron chi connectivity index (χ2n) is 5.89. The van der Waals surface area contributed by atoms with Crippen molar-refractivity contribution in [3.05, 3.63) is 35.4 Å². The molecule has 146 valence electrons. The molecule has 1 rings (SSSR count). The number of benzene rings is 1. The van der Waals surface area contributed by atoms with Crippen LogP contribution in [0.1, 0.15) is 25.8 Å². The van der Waals surface area contributed by atoms with Gasteiger partial charge in [-0.05, 0) is 13.0 Å². The van der Waals surface area contributed by atoms with Gasteiger partial charge in [-0.25, -0.2) is 14.6 Å². The molecule has 1 aromatic rings. The van der Waals surface area contributed by atoms with Gasteiger partial charge < -0.3 is 21.6 Å². The summed E-state index contributed by atoms with van der Waals surface area (Å²) in [7, 11) is 0. The number of hydrogen-bond acceptors (Lipinski definition) is 6. The van der Waals surface area contributed by atoms with E-state index in [0.29, 0.717) is 31.4 Å². The Labute approximate surface area is 151 Å². The van der Waals surface area contributed by atoms with Gasteiger partial charge in [0, 0.05) is 37.2 Å². The number of aliphatic hydroxyl groups is 1. The molecule has 0 aliphatic heterocycles.